The van der Waals surface area contributed by atoms with Crippen LogP contribution in [0.3, 0.4) is 0 Å². The minimum Gasteiger partial charge on any atom is -0.366 e. The molecule has 3 N–H and O–H groups in total. The topological polar surface area (TPSA) is 127 Å². The minimum absolute atomic E-state index is 0.0798. The number of aromatic nitrogens is 3. The Morgan fingerprint density at radius 1 is 1.29 bits per heavy atom. The van der Waals surface area contributed by atoms with Gasteiger partial charge in [0, 0.05) is 11.2 Å². The van der Waals surface area contributed by atoms with Gasteiger partial charge in [-0.15, -0.1) is 0 Å². The zero-order valence-corrected chi connectivity index (χ0v) is 17.8. The number of carbonyl (C=O) groups is 2. The zero-order chi connectivity index (χ0) is 22.3. The highest BCUT2D eigenvalue weighted by Crippen LogP contribution is 2.47. The number of aryl methyl sites for hydroxylation is 1. The van der Waals surface area contributed by atoms with Crippen LogP contribution in [-0.4, -0.2) is 26.6 Å². The molecule has 10 heteroatoms. The molecule has 0 saturated heterocycles. The van der Waals surface area contributed by atoms with E-state index in [1.54, 1.807) is 31.2 Å². The van der Waals surface area contributed by atoms with Crippen molar-refractivity contribution in [2.24, 2.45) is 5.73 Å². The van der Waals surface area contributed by atoms with Gasteiger partial charge in [-0.05, 0) is 55.7 Å². The van der Waals surface area contributed by atoms with Crippen LogP contribution in [0.5, 0.6) is 0 Å². The lowest BCUT2D eigenvalue weighted by atomic mass is 10.0. The number of nitrogens with one attached hydrogen (secondary N) is 1. The molecule has 2 aromatic heterocycles. The van der Waals surface area contributed by atoms with E-state index >= 15 is 0 Å². The number of amides is 2. The zero-order valence-electron chi connectivity index (χ0n) is 16.3. The maximum absolute atomic E-state index is 13.3. The van der Waals surface area contributed by atoms with E-state index in [0.717, 1.165) is 0 Å². The number of anilines is 1. The third-order valence-electron chi connectivity index (χ3n) is 5.14. The molecule has 1 saturated carbocycles. The van der Waals surface area contributed by atoms with Gasteiger partial charge in [0.1, 0.15) is 11.1 Å². The highest BCUT2D eigenvalue weighted by Gasteiger charge is 2.48. The van der Waals surface area contributed by atoms with Crippen molar-refractivity contribution in [3.8, 4) is 11.9 Å². The molecular weight excluding hydrogens is 439 g/mol. The van der Waals surface area contributed by atoms with Crippen molar-refractivity contribution in [2.75, 3.05) is 5.32 Å². The van der Waals surface area contributed by atoms with Crippen molar-refractivity contribution in [1.82, 2.24) is 14.8 Å². The Balaban J connectivity index is 1.82. The molecule has 0 bridgehead atoms. The molecule has 1 aliphatic rings. The number of benzene rings is 1. The summed E-state index contributed by atoms with van der Waals surface area (Å²) in [5.41, 5.74) is 6.20. The number of nitrogens with zero attached hydrogens (tertiary/aromatic N) is 4. The van der Waals surface area contributed by atoms with Crippen LogP contribution in [0.25, 0.3) is 5.82 Å². The van der Waals surface area contributed by atoms with Gasteiger partial charge in [0.05, 0.1) is 28.0 Å². The third kappa shape index (κ3) is 3.74. The molecule has 1 fully saturated rings. The second-order valence-corrected chi connectivity index (χ2v) is 8.14. The average Bonchev–Trinajstić information content (AvgIpc) is 3.41. The van der Waals surface area contributed by atoms with Gasteiger partial charge in [0.2, 0.25) is 0 Å². The molecule has 3 aromatic rings. The Morgan fingerprint density at radius 2 is 2.03 bits per heavy atom. The Kier molecular flexibility index (Phi) is 5.17. The first kappa shape index (κ1) is 20.8. The highest BCUT2D eigenvalue weighted by atomic mass is 35.5. The van der Waals surface area contributed by atoms with E-state index in [0.29, 0.717) is 29.1 Å². The fourth-order valence-corrected chi connectivity index (χ4v) is 3.78. The van der Waals surface area contributed by atoms with Gasteiger partial charge in [-0.25, -0.2) is 9.67 Å². The van der Waals surface area contributed by atoms with Gasteiger partial charge in [-0.2, -0.15) is 10.4 Å². The third-order valence-corrected chi connectivity index (χ3v) is 5.65. The normalized spacial score (nSPS) is 14.0. The summed E-state index contributed by atoms with van der Waals surface area (Å²) in [6.07, 6.45) is 2.83. The second kappa shape index (κ2) is 7.69. The Morgan fingerprint density at radius 3 is 2.65 bits per heavy atom. The average molecular weight is 455 g/mol. The molecular formula is C21H16Cl2N6O2. The number of hydrogen-bond acceptors (Lipinski definition) is 5. The van der Waals surface area contributed by atoms with Crippen LogP contribution in [0.2, 0.25) is 10.0 Å². The second-order valence-electron chi connectivity index (χ2n) is 7.29. The Hall–Kier alpha value is -3.41. The number of rotatable bonds is 5. The lowest BCUT2D eigenvalue weighted by Gasteiger charge is -2.13. The molecule has 0 aliphatic heterocycles. The van der Waals surface area contributed by atoms with Crippen molar-refractivity contribution in [2.45, 2.75) is 25.2 Å². The summed E-state index contributed by atoms with van der Waals surface area (Å²) < 4.78 is 1.31. The summed E-state index contributed by atoms with van der Waals surface area (Å²) in [5, 5.41) is 17.4. The Labute approximate surface area is 187 Å². The predicted octanol–water partition coefficient (Wildman–Crippen LogP) is 3.79. The monoisotopic (exact) mass is 454 g/mol. The van der Waals surface area contributed by atoms with Gasteiger partial charge in [-0.1, -0.05) is 23.2 Å². The maximum Gasteiger partial charge on any atom is 0.274 e. The van der Waals surface area contributed by atoms with E-state index in [9.17, 15) is 14.9 Å². The smallest absolute Gasteiger partial charge is 0.274 e. The quantitative estimate of drug-likeness (QED) is 0.605. The lowest BCUT2D eigenvalue weighted by Crippen LogP contribution is -2.21. The molecule has 156 valence electrons. The molecule has 31 heavy (non-hydrogen) atoms. The largest absolute Gasteiger partial charge is 0.366 e. The summed E-state index contributed by atoms with van der Waals surface area (Å²) in [5.74, 6) is -1.05. The van der Waals surface area contributed by atoms with Crippen molar-refractivity contribution in [1.29, 1.82) is 5.26 Å². The van der Waals surface area contributed by atoms with Crippen LogP contribution in [0.1, 0.15) is 44.9 Å². The summed E-state index contributed by atoms with van der Waals surface area (Å²) in [6, 6.07) is 10.1. The molecule has 0 unspecified atom stereocenters. The van der Waals surface area contributed by atoms with E-state index in [4.69, 9.17) is 28.9 Å². The minimum atomic E-state index is -0.732. The molecule has 1 aromatic carbocycles. The molecule has 1 aliphatic carbocycles. The van der Waals surface area contributed by atoms with Crippen molar-refractivity contribution < 1.29 is 9.59 Å². The van der Waals surface area contributed by atoms with Crippen LogP contribution in [-0.2, 0) is 5.41 Å². The predicted molar refractivity (Wildman–Crippen MR) is 116 cm³/mol. The van der Waals surface area contributed by atoms with E-state index in [1.165, 1.54) is 16.9 Å². The van der Waals surface area contributed by atoms with E-state index in [2.05, 4.69) is 21.5 Å². The van der Waals surface area contributed by atoms with Crippen molar-refractivity contribution in [3.05, 3.63) is 69.1 Å². The molecule has 2 amide bonds. The van der Waals surface area contributed by atoms with Gasteiger partial charge in [0.25, 0.3) is 11.8 Å². The first-order valence-corrected chi connectivity index (χ1v) is 10.1. The van der Waals surface area contributed by atoms with Gasteiger partial charge in [0.15, 0.2) is 5.82 Å². The number of primary amides is 1. The highest BCUT2D eigenvalue weighted by molar-refractivity contribution is 6.32. The van der Waals surface area contributed by atoms with Crippen LogP contribution in [0.15, 0.2) is 36.5 Å². The fourth-order valence-electron chi connectivity index (χ4n) is 3.30. The number of nitrogens with two attached hydrogens (primary N) is 1. The molecule has 4 rings (SSSR count). The number of nitriles is 1. The molecule has 2 heterocycles. The molecule has 0 spiro atoms. The summed E-state index contributed by atoms with van der Waals surface area (Å²) in [7, 11) is 0. The number of pyridine rings is 1. The van der Waals surface area contributed by atoms with Gasteiger partial charge < -0.3 is 11.1 Å². The van der Waals surface area contributed by atoms with Crippen LogP contribution in [0.4, 0.5) is 5.69 Å². The van der Waals surface area contributed by atoms with Gasteiger partial charge >= 0.3 is 0 Å². The fraction of sp³-hybridized carbons (Fsp3) is 0.190. The summed E-state index contributed by atoms with van der Waals surface area (Å²) in [4.78, 5) is 29.4. The first-order chi connectivity index (χ1) is 14.8. The maximum atomic E-state index is 13.3. The SMILES string of the molecule is Cc1cc(Cl)cc(C(N)=O)c1NC(=O)c1cc(C2(C#N)CC2)nn1-c1ncccc1Cl. The van der Waals surface area contributed by atoms with E-state index < -0.39 is 17.2 Å². The van der Waals surface area contributed by atoms with Crippen LogP contribution >= 0.6 is 23.2 Å². The summed E-state index contributed by atoms with van der Waals surface area (Å²) >= 11 is 12.3. The van der Waals surface area contributed by atoms with E-state index in [-0.39, 0.29) is 27.8 Å². The number of hydrogen-bond donors (Lipinski definition) is 2. The number of carbonyl (C=O) groups excluding carboxylic acids is 2. The van der Waals surface area contributed by atoms with Crippen molar-refractivity contribution >= 4 is 40.7 Å². The molecule has 8 nitrogen and oxygen atoms in total. The lowest BCUT2D eigenvalue weighted by molar-refractivity contribution is 0.100. The van der Waals surface area contributed by atoms with E-state index in [1.807, 2.05) is 0 Å². The Bertz CT molecular complexity index is 1270. The number of halogens is 2. The summed E-state index contributed by atoms with van der Waals surface area (Å²) in [6.45, 7) is 1.70. The first-order valence-electron chi connectivity index (χ1n) is 9.30. The standard InChI is InChI=1S/C21H16Cl2N6O2/c1-11-7-12(22)8-13(18(25)30)17(11)27-20(31)15-9-16(21(10-24)4-5-21)28-29(15)19-14(23)3-2-6-26-19/h2-3,6-9H,4-5H2,1H3,(H2,25,30)(H,27,31). The molecule has 0 radical (unpaired) electrons. The van der Waals surface area contributed by atoms with Crippen LogP contribution in [0, 0.1) is 18.3 Å². The molecule has 0 atom stereocenters. The van der Waals surface area contributed by atoms with Gasteiger partial charge in [-0.3, -0.25) is 9.59 Å². The van der Waals surface area contributed by atoms with Crippen molar-refractivity contribution in [3.63, 3.8) is 0 Å². The van der Waals surface area contributed by atoms with Crippen LogP contribution < -0.4 is 11.1 Å².